The van der Waals surface area contributed by atoms with Gasteiger partial charge in [0.1, 0.15) is 0 Å². The van der Waals surface area contributed by atoms with Gasteiger partial charge >= 0.3 is 0 Å². The van der Waals surface area contributed by atoms with Crippen molar-refractivity contribution in [2.75, 3.05) is 19.8 Å². The van der Waals surface area contributed by atoms with Gasteiger partial charge in [0.25, 0.3) is 0 Å². The van der Waals surface area contributed by atoms with Crippen LogP contribution in [0.15, 0.2) is 0 Å². The maximum absolute atomic E-state index is 12.5. The van der Waals surface area contributed by atoms with Crippen LogP contribution in [0.2, 0.25) is 0 Å². The number of carbonyl (C=O) groups is 1. The van der Waals surface area contributed by atoms with E-state index in [2.05, 4.69) is 5.32 Å². The minimum Gasteiger partial charge on any atom is -0.394 e. The van der Waals surface area contributed by atoms with Crippen molar-refractivity contribution in [1.29, 1.82) is 0 Å². The lowest BCUT2D eigenvalue weighted by Gasteiger charge is -2.37. The predicted molar refractivity (Wildman–Crippen MR) is 70.7 cm³/mol. The Morgan fingerprint density at radius 2 is 1.89 bits per heavy atom. The van der Waals surface area contributed by atoms with Crippen molar-refractivity contribution in [3.63, 3.8) is 0 Å². The molecule has 5 heteroatoms. The monoisotopic (exact) mass is 271 g/mol. The van der Waals surface area contributed by atoms with Crippen LogP contribution in [0.5, 0.6) is 0 Å². The fourth-order valence-corrected chi connectivity index (χ4v) is 3.15. The van der Waals surface area contributed by atoms with Crippen molar-refractivity contribution in [2.45, 2.75) is 51.4 Å². The van der Waals surface area contributed by atoms with Crippen molar-refractivity contribution in [3.8, 4) is 0 Å². The molecule has 0 aromatic carbocycles. The normalized spacial score (nSPS) is 38.1. The minimum atomic E-state index is -0.513. The average Bonchev–Trinajstić information content (AvgIpc) is 2.64. The molecule has 0 saturated carbocycles. The maximum atomic E-state index is 12.5. The van der Waals surface area contributed by atoms with E-state index in [9.17, 15) is 9.90 Å². The molecule has 4 unspecified atom stereocenters. The second-order valence-corrected chi connectivity index (χ2v) is 5.97. The molecule has 5 nitrogen and oxygen atoms in total. The van der Waals surface area contributed by atoms with E-state index < -0.39 is 5.54 Å². The van der Waals surface area contributed by atoms with Gasteiger partial charge in [0.15, 0.2) is 0 Å². The Labute approximate surface area is 114 Å². The van der Waals surface area contributed by atoms with Crippen LogP contribution >= 0.6 is 0 Å². The number of amides is 1. The number of carbonyl (C=O) groups excluding carboxylic acids is 1. The summed E-state index contributed by atoms with van der Waals surface area (Å²) in [4.78, 5) is 12.5. The summed E-state index contributed by atoms with van der Waals surface area (Å²) in [5.41, 5.74) is -0.513. The molecule has 2 heterocycles. The van der Waals surface area contributed by atoms with Crippen LogP contribution in [0.1, 0.15) is 33.6 Å². The van der Waals surface area contributed by atoms with E-state index in [1.54, 1.807) is 0 Å². The Hall–Kier alpha value is -0.650. The summed E-state index contributed by atoms with van der Waals surface area (Å²) in [6.45, 7) is 7.14. The van der Waals surface area contributed by atoms with Gasteiger partial charge in [0.05, 0.1) is 30.3 Å². The van der Waals surface area contributed by atoms with E-state index in [4.69, 9.17) is 9.47 Å². The lowest BCUT2D eigenvalue weighted by molar-refractivity contribution is -0.131. The van der Waals surface area contributed by atoms with Gasteiger partial charge < -0.3 is 19.9 Å². The lowest BCUT2D eigenvalue weighted by Crippen LogP contribution is -2.57. The van der Waals surface area contributed by atoms with Crippen molar-refractivity contribution < 1.29 is 19.4 Å². The first-order chi connectivity index (χ1) is 8.99. The molecule has 1 amide bonds. The van der Waals surface area contributed by atoms with Gasteiger partial charge in [-0.15, -0.1) is 0 Å². The van der Waals surface area contributed by atoms with E-state index in [1.807, 2.05) is 20.8 Å². The molecular weight excluding hydrogens is 246 g/mol. The van der Waals surface area contributed by atoms with Gasteiger partial charge in [0, 0.05) is 13.2 Å². The summed E-state index contributed by atoms with van der Waals surface area (Å²) in [5, 5.41) is 12.7. The highest BCUT2D eigenvalue weighted by Gasteiger charge is 2.44. The Kier molecular flexibility index (Phi) is 4.48. The molecule has 2 aliphatic rings. The number of aliphatic hydroxyl groups is 1. The van der Waals surface area contributed by atoms with Crippen molar-refractivity contribution >= 4 is 5.91 Å². The van der Waals surface area contributed by atoms with Crippen molar-refractivity contribution in [1.82, 2.24) is 5.32 Å². The van der Waals surface area contributed by atoms with Crippen LogP contribution in [0.25, 0.3) is 0 Å². The molecule has 0 bridgehead atoms. The summed E-state index contributed by atoms with van der Waals surface area (Å²) >= 11 is 0. The van der Waals surface area contributed by atoms with Gasteiger partial charge in [-0.05, 0) is 32.6 Å². The quantitative estimate of drug-likeness (QED) is 0.793. The molecule has 2 rings (SSSR count). The van der Waals surface area contributed by atoms with Gasteiger partial charge in [0.2, 0.25) is 5.91 Å². The van der Waals surface area contributed by atoms with Gasteiger partial charge in [-0.1, -0.05) is 6.92 Å². The van der Waals surface area contributed by atoms with Crippen molar-refractivity contribution in [2.24, 2.45) is 11.8 Å². The molecule has 4 atom stereocenters. The number of hydrogen-bond acceptors (Lipinski definition) is 4. The molecule has 0 aliphatic carbocycles. The van der Waals surface area contributed by atoms with Crippen LogP contribution in [0.3, 0.4) is 0 Å². The molecule has 110 valence electrons. The second kappa shape index (κ2) is 5.77. The van der Waals surface area contributed by atoms with Crippen LogP contribution < -0.4 is 5.32 Å². The summed E-state index contributed by atoms with van der Waals surface area (Å²) in [7, 11) is 0. The largest absolute Gasteiger partial charge is 0.394 e. The number of nitrogens with one attached hydrogen (secondary N) is 1. The molecule has 2 N–H and O–H groups in total. The summed E-state index contributed by atoms with van der Waals surface area (Å²) in [6, 6.07) is 0. The molecule has 2 saturated heterocycles. The maximum Gasteiger partial charge on any atom is 0.226 e. The molecule has 2 fully saturated rings. The Morgan fingerprint density at radius 1 is 1.26 bits per heavy atom. The molecule has 0 aromatic heterocycles. The summed E-state index contributed by atoms with van der Waals surface area (Å²) in [6.07, 6.45) is 1.37. The van der Waals surface area contributed by atoms with Gasteiger partial charge in [-0.3, -0.25) is 4.79 Å². The van der Waals surface area contributed by atoms with E-state index in [1.165, 1.54) is 0 Å². The highest BCUT2D eigenvalue weighted by Crippen LogP contribution is 2.33. The molecule has 19 heavy (non-hydrogen) atoms. The standard InChI is InChI=1S/C14H25NO4/c1-9-10(2)19-11(3)12(9)13(17)15-14(8-16)4-6-18-7-5-14/h9-12,16H,4-8H2,1-3H3,(H,15,17). The zero-order valence-corrected chi connectivity index (χ0v) is 12.0. The molecule has 2 aliphatic heterocycles. The molecular formula is C14H25NO4. The zero-order chi connectivity index (χ0) is 14.0. The van der Waals surface area contributed by atoms with E-state index in [0.29, 0.717) is 26.1 Å². The van der Waals surface area contributed by atoms with Gasteiger partial charge in [-0.2, -0.15) is 0 Å². The third-order valence-corrected chi connectivity index (χ3v) is 4.69. The topological polar surface area (TPSA) is 67.8 Å². The number of hydrogen-bond donors (Lipinski definition) is 2. The Bertz CT molecular complexity index is 327. The molecule has 0 radical (unpaired) electrons. The first-order valence-corrected chi connectivity index (χ1v) is 7.15. The first kappa shape index (κ1) is 14.8. The van der Waals surface area contributed by atoms with Crippen LogP contribution in [-0.2, 0) is 14.3 Å². The Morgan fingerprint density at radius 3 is 2.37 bits per heavy atom. The van der Waals surface area contributed by atoms with E-state index in [-0.39, 0.29) is 36.6 Å². The van der Waals surface area contributed by atoms with E-state index >= 15 is 0 Å². The Balaban J connectivity index is 2.03. The third-order valence-electron chi connectivity index (χ3n) is 4.69. The number of aliphatic hydroxyl groups excluding tert-OH is 1. The smallest absolute Gasteiger partial charge is 0.226 e. The molecule has 0 spiro atoms. The lowest BCUT2D eigenvalue weighted by atomic mass is 9.85. The predicted octanol–water partition coefficient (Wildman–Crippen LogP) is 0.704. The van der Waals surface area contributed by atoms with Gasteiger partial charge in [-0.25, -0.2) is 0 Å². The van der Waals surface area contributed by atoms with Crippen molar-refractivity contribution in [3.05, 3.63) is 0 Å². The highest BCUT2D eigenvalue weighted by atomic mass is 16.5. The number of rotatable bonds is 3. The SMILES string of the molecule is CC1OC(C)C(C(=O)NC2(CO)CCOCC2)C1C. The van der Waals surface area contributed by atoms with Crippen LogP contribution in [0.4, 0.5) is 0 Å². The summed E-state index contributed by atoms with van der Waals surface area (Å²) in [5.74, 6) is 0.0622. The average molecular weight is 271 g/mol. The summed E-state index contributed by atoms with van der Waals surface area (Å²) < 4.78 is 11.0. The fourth-order valence-electron chi connectivity index (χ4n) is 3.15. The van der Waals surface area contributed by atoms with Crippen LogP contribution in [0, 0.1) is 11.8 Å². The van der Waals surface area contributed by atoms with E-state index in [0.717, 1.165) is 0 Å². The second-order valence-electron chi connectivity index (χ2n) is 5.97. The van der Waals surface area contributed by atoms with Crippen LogP contribution in [-0.4, -0.2) is 48.6 Å². The first-order valence-electron chi connectivity index (χ1n) is 7.15. The number of ether oxygens (including phenoxy) is 2. The fraction of sp³-hybridized carbons (Fsp3) is 0.929. The zero-order valence-electron chi connectivity index (χ0n) is 12.0. The highest BCUT2D eigenvalue weighted by molar-refractivity contribution is 5.80. The minimum absolute atomic E-state index is 0.000278. The third kappa shape index (κ3) is 2.93. The molecule has 0 aromatic rings.